The van der Waals surface area contributed by atoms with Crippen molar-refractivity contribution in [3.05, 3.63) is 34.7 Å². The van der Waals surface area contributed by atoms with Gasteiger partial charge in [0.1, 0.15) is 5.41 Å². The standard InChI is InChI=1S/C30H44O2/c1-7-20-30(27(31)32,26-25-19-15-14-18-24(25)23-29(26,5)6)22-17-13-11-9-8-10-12-16-21-28(2,3)4/h1,14-15,18-19,23H,8-13,16-17,20-22H2,2-6H3,(H,31,32). The van der Waals surface area contributed by atoms with E-state index < -0.39 is 11.4 Å². The summed E-state index contributed by atoms with van der Waals surface area (Å²) in [7, 11) is 0. The van der Waals surface area contributed by atoms with Crippen molar-refractivity contribution in [1.82, 2.24) is 0 Å². The average Bonchev–Trinajstić information content (AvgIpc) is 2.97. The highest BCUT2D eigenvalue weighted by Crippen LogP contribution is 2.48. The molecule has 0 saturated carbocycles. The molecular weight excluding hydrogens is 392 g/mol. The minimum absolute atomic E-state index is 0.247. The number of unbranched alkanes of at least 4 members (excludes halogenated alkanes) is 7. The third kappa shape index (κ3) is 6.74. The van der Waals surface area contributed by atoms with Crippen molar-refractivity contribution >= 4 is 17.6 Å². The Balaban J connectivity index is 1.97. The van der Waals surface area contributed by atoms with Gasteiger partial charge in [-0.2, -0.15) is 0 Å². The molecule has 1 unspecified atom stereocenters. The highest BCUT2D eigenvalue weighted by Gasteiger charge is 2.47. The van der Waals surface area contributed by atoms with E-state index in [-0.39, 0.29) is 11.8 Å². The summed E-state index contributed by atoms with van der Waals surface area (Å²) in [5.41, 5.74) is 0.129. The highest BCUT2D eigenvalue weighted by molar-refractivity contribution is 5.91. The van der Waals surface area contributed by atoms with Crippen molar-refractivity contribution < 1.29 is 9.90 Å². The zero-order valence-electron chi connectivity index (χ0n) is 21.1. The van der Waals surface area contributed by atoms with Gasteiger partial charge in [0, 0.05) is 11.8 Å². The highest BCUT2D eigenvalue weighted by atomic mass is 16.4. The van der Waals surface area contributed by atoms with E-state index in [0.29, 0.717) is 11.8 Å². The zero-order valence-corrected chi connectivity index (χ0v) is 21.1. The molecule has 0 fully saturated rings. The third-order valence-electron chi connectivity index (χ3n) is 6.96. The van der Waals surface area contributed by atoms with Gasteiger partial charge in [0.25, 0.3) is 0 Å². The zero-order chi connectivity index (χ0) is 23.8. The van der Waals surface area contributed by atoms with Gasteiger partial charge in [0.15, 0.2) is 0 Å². The van der Waals surface area contributed by atoms with Gasteiger partial charge in [-0.3, -0.25) is 4.79 Å². The number of carboxylic acid groups (broad SMARTS) is 1. The molecule has 0 radical (unpaired) electrons. The second-order valence-electron chi connectivity index (χ2n) is 11.5. The minimum Gasteiger partial charge on any atom is -0.481 e. The smallest absolute Gasteiger partial charge is 0.314 e. The van der Waals surface area contributed by atoms with E-state index in [9.17, 15) is 9.90 Å². The summed E-state index contributed by atoms with van der Waals surface area (Å²) in [6.45, 7) is 11.2. The molecule has 0 amide bonds. The molecule has 2 rings (SSSR count). The normalized spacial score (nSPS) is 16.7. The molecule has 0 aliphatic heterocycles. The molecule has 1 N–H and O–H groups in total. The average molecular weight is 437 g/mol. The summed E-state index contributed by atoms with van der Waals surface area (Å²) >= 11 is 0. The summed E-state index contributed by atoms with van der Waals surface area (Å²) < 4.78 is 0. The van der Waals surface area contributed by atoms with E-state index in [4.69, 9.17) is 6.42 Å². The van der Waals surface area contributed by atoms with Crippen LogP contribution in [-0.2, 0) is 4.79 Å². The van der Waals surface area contributed by atoms with E-state index >= 15 is 0 Å². The first-order valence-electron chi connectivity index (χ1n) is 12.5. The number of terminal acetylenes is 1. The van der Waals surface area contributed by atoms with Gasteiger partial charge in [-0.15, -0.1) is 12.3 Å². The molecule has 1 aliphatic carbocycles. The molecular formula is C30H44O2. The van der Waals surface area contributed by atoms with Crippen molar-refractivity contribution in [2.45, 2.75) is 105 Å². The van der Waals surface area contributed by atoms with Crippen LogP contribution in [0.4, 0.5) is 0 Å². The number of fused-ring (bicyclic) bond motifs is 1. The van der Waals surface area contributed by atoms with E-state index in [2.05, 4.69) is 58.7 Å². The first kappa shape index (κ1) is 26.2. The number of hydrogen-bond acceptors (Lipinski definition) is 1. The van der Waals surface area contributed by atoms with Gasteiger partial charge in [0.05, 0.1) is 0 Å². The van der Waals surface area contributed by atoms with Gasteiger partial charge in [0.2, 0.25) is 0 Å². The molecule has 0 heterocycles. The molecule has 0 bridgehead atoms. The molecule has 176 valence electrons. The predicted molar refractivity (Wildman–Crippen MR) is 136 cm³/mol. The lowest BCUT2D eigenvalue weighted by atomic mass is 9.65. The van der Waals surface area contributed by atoms with E-state index in [1.807, 2.05) is 12.1 Å². The Morgan fingerprint density at radius 2 is 1.47 bits per heavy atom. The molecule has 2 heteroatoms. The molecule has 0 spiro atoms. The molecule has 0 aromatic heterocycles. The monoisotopic (exact) mass is 436 g/mol. The second kappa shape index (κ2) is 11.2. The minimum atomic E-state index is -0.992. The quantitative estimate of drug-likeness (QED) is 0.276. The first-order chi connectivity index (χ1) is 15.0. The Hall–Kier alpha value is -2.01. The fourth-order valence-electron chi connectivity index (χ4n) is 5.44. The number of carbonyl (C=O) groups is 1. The predicted octanol–water partition coefficient (Wildman–Crippen LogP) is 6.70. The maximum atomic E-state index is 12.7. The van der Waals surface area contributed by atoms with Crippen LogP contribution in [0, 0.1) is 28.6 Å². The van der Waals surface area contributed by atoms with Crippen molar-refractivity contribution in [2.24, 2.45) is 16.2 Å². The van der Waals surface area contributed by atoms with Crippen LogP contribution in [0.1, 0.15) is 105 Å². The summed E-state index contributed by atoms with van der Waals surface area (Å²) in [6.07, 6.45) is 19.7. The van der Waals surface area contributed by atoms with Gasteiger partial charge < -0.3 is 5.11 Å². The number of hydrogen-bond donors (Lipinski definition) is 1. The summed E-state index contributed by atoms with van der Waals surface area (Å²) in [6, 6.07) is 8.15. The van der Waals surface area contributed by atoms with Crippen LogP contribution in [0.5, 0.6) is 0 Å². The fraction of sp³-hybridized carbons (Fsp3) is 0.633. The van der Waals surface area contributed by atoms with Gasteiger partial charge in [-0.1, -0.05) is 116 Å². The fourth-order valence-corrected chi connectivity index (χ4v) is 5.44. The van der Waals surface area contributed by atoms with E-state index in [1.165, 1.54) is 44.9 Å². The van der Waals surface area contributed by atoms with Crippen LogP contribution < -0.4 is 10.4 Å². The lowest BCUT2D eigenvalue weighted by molar-refractivity contribution is -0.146. The number of rotatable bonds is 13. The lowest BCUT2D eigenvalue weighted by Crippen LogP contribution is -2.40. The topological polar surface area (TPSA) is 37.3 Å². The van der Waals surface area contributed by atoms with Crippen LogP contribution in [0.15, 0.2) is 24.3 Å². The van der Waals surface area contributed by atoms with Crippen LogP contribution in [0.25, 0.3) is 11.6 Å². The van der Waals surface area contributed by atoms with Gasteiger partial charge in [-0.25, -0.2) is 0 Å². The maximum absolute atomic E-state index is 12.7. The SMILES string of the molecule is C#CCC(CCCCCCCCCCC(C)(C)C)(C(=O)O)C1=c2ccccc2=CC1(C)C. The van der Waals surface area contributed by atoms with E-state index in [0.717, 1.165) is 28.9 Å². The van der Waals surface area contributed by atoms with Crippen LogP contribution in [-0.4, -0.2) is 11.1 Å². The van der Waals surface area contributed by atoms with Crippen LogP contribution in [0.3, 0.4) is 0 Å². The van der Waals surface area contributed by atoms with Gasteiger partial charge >= 0.3 is 5.97 Å². The van der Waals surface area contributed by atoms with Crippen molar-refractivity contribution in [2.75, 3.05) is 0 Å². The van der Waals surface area contributed by atoms with Crippen molar-refractivity contribution in [3.8, 4) is 12.3 Å². The summed E-state index contributed by atoms with van der Waals surface area (Å²) in [5.74, 6) is 1.94. The molecule has 1 aromatic carbocycles. The van der Waals surface area contributed by atoms with Crippen LogP contribution >= 0.6 is 0 Å². The van der Waals surface area contributed by atoms with Crippen molar-refractivity contribution in [3.63, 3.8) is 0 Å². The summed E-state index contributed by atoms with van der Waals surface area (Å²) in [5, 5.41) is 12.6. The Morgan fingerprint density at radius 1 is 0.938 bits per heavy atom. The Labute approximate surface area is 196 Å². The third-order valence-corrected chi connectivity index (χ3v) is 6.96. The summed E-state index contributed by atoms with van der Waals surface area (Å²) in [4.78, 5) is 12.7. The lowest BCUT2D eigenvalue weighted by Gasteiger charge is -2.37. The van der Waals surface area contributed by atoms with Gasteiger partial charge in [-0.05, 0) is 34.3 Å². The largest absolute Gasteiger partial charge is 0.481 e. The van der Waals surface area contributed by atoms with Crippen LogP contribution in [0.2, 0.25) is 0 Å². The molecule has 0 saturated heterocycles. The number of benzene rings is 1. The van der Waals surface area contributed by atoms with E-state index in [1.54, 1.807) is 0 Å². The molecule has 32 heavy (non-hydrogen) atoms. The Kier molecular flexibility index (Phi) is 9.20. The second-order valence-corrected chi connectivity index (χ2v) is 11.5. The molecule has 1 aromatic rings. The van der Waals surface area contributed by atoms with Crippen molar-refractivity contribution in [1.29, 1.82) is 0 Å². The molecule has 1 atom stereocenters. The first-order valence-corrected chi connectivity index (χ1v) is 12.5. The Morgan fingerprint density at radius 3 is 2.00 bits per heavy atom. The number of carboxylic acids is 1. The molecule has 1 aliphatic rings. The maximum Gasteiger partial charge on any atom is 0.314 e. The number of aliphatic carboxylic acids is 1. The Bertz CT molecular complexity index is 923. The molecule has 2 nitrogen and oxygen atoms in total.